The smallest absolute Gasteiger partial charge is 0.165 e. The lowest BCUT2D eigenvalue weighted by molar-refractivity contribution is 1.08. The topological polar surface area (TPSA) is 71.3 Å². The predicted octanol–water partition coefficient (Wildman–Crippen LogP) is 22.4. The summed E-state index contributed by atoms with van der Waals surface area (Å²) in [5.74, 6) is 1.56. The molecule has 6 aromatic heterocycles. The molecule has 0 spiro atoms. The second-order valence-corrected chi connectivity index (χ2v) is 25.3. The zero-order chi connectivity index (χ0) is 62.7. The van der Waals surface area contributed by atoms with E-state index in [1.165, 1.54) is 64.9 Å². The Labute approximate surface area is 548 Å². The first kappa shape index (κ1) is 52.6. The van der Waals surface area contributed by atoms with Gasteiger partial charge in [0.15, 0.2) is 11.6 Å². The molecule has 0 unspecified atom stereocenters. The largest absolute Gasteiger partial charge is 0.309 e. The van der Waals surface area contributed by atoms with Gasteiger partial charge in [0.25, 0.3) is 0 Å². The summed E-state index contributed by atoms with van der Waals surface area (Å²) in [6, 6.07) is 114. The summed E-state index contributed by atoms with van der Waals surface area (Å²) >= 11 is 0. The SMILES string of the molecule is c1ccc(-c2nc3ccccc3nc2-n2c3ccc(-n4c5ccccc5c5cc(-c6ccc7nc(-n8c9ccc(-n%10c%11ccccc%11c%11ccccc%11%10)cc9c9c%10ccccc%10ccc98)c(-c8ccc9ccccc9c8)nc7c6)ccc54)cc3c3c4ccccc4ccc32)cc1. The number of rotatable bonds is 7. The van der Waals surface area contributed by atoms with Gasteiger partial charge in [0.2, 0.25) is 0 Å². The van der Waals surface area contributed by atoms with Gasteiger partial charge in [-0.25, -0.2) is 19.9 Å². The fraction of sp³-hybridized carbons (Fsp3) is 0. The number of para-hydroxylation sites is 5. The molecule has 0 radical (unpaired) electrons. The van der Waals surface area contributed by atoms with Crippen LogP contribution in [0.5, 0.6) is 0 Å². The van der Waals surface area contributed by atoms with Crippen LogP contribution in [0.2, 0.25) is 0 Å². The molecule has 15 aromatic carbocycles. The average Bonchev–Trinajstić information content (AvgIpc) is 1.56. The van der Waals surface area contributed by atoms with Crippen molar-refractivity contribution in [2.24, 2.45) is 0 Å². The van der Waals surface area contributed by atoms with E-state index in [4.69, 9.17) is 19.9 Å². The molecule has 0 saturated carbocycles. The first-order valence-corrected chi connectivity index (χ1v) is 32.7. The van der Waals surface area contributed by atoms with Crippen LogP contribution in [0.3, 0.4) is 0 Å². The molecule has 0 atom stereocenters. The highest BCUT2D eigenvalue weighted by atomic mass is 15.1. The van der Waals surface area contributed by atoms with Crippen LogP contribution in [0.1, 0.15) is 0 Å². The van der Waals surface area contributed by atoms with Crippen LogP contribution in [0.25, 0.3) is 198 Å². The minimum atomic E-state index is 0.773. The van der Waals surface area contributed by atoms with Crippen molar-refractivity contribution in [1.29, 1.82) is 0 Å². The third-order valence-electron chi connectivity index (χ3n) is 20.1. The molecule has 0 saturated heterocycles. The minimum Gasteiger partial charge on any atom is -0.309 e. The van der Waals surface area contributed by atoms with Gasteiger partial charge in [0, 0.05) is 65.6 Å². The highest BCUT2D eigenvalue weighted by Gasteiger charge is 2.26. The van der Waals surface area contributed by atoms with Crippen molar-refractivity contribution in [2.75, 3.05) is 0 Å². The third-order valence-corrected chi connectivity index (χ3v) is 20.1. The van der Waals surface area contributed by atoms with E-state index in [2.05, 4.69) is 309 Å². The molecule has 0 aliphatic heterocycles. The standard InChI is InChI=1S/C88H52N8/c1-2-21-56(22-3-1)85-87(91-72-30-14-13-29-71(72)89-85)95-79-47-41-62(52-70(79)83-63-24-8-6-19-54(63)37-44-81(83)95)94-77-33-17-12-28-67(77)68-49-58(39-43-78(68)94)59-36-42-73-74(50-59)90-86(60-35-34-53-18-4-5-23-57(53)48-60)88(92-73)96-80-46-40-61(51-69(80)84-64-25-9-7-20-55(64)38-45-82(84)96)93-75-31-15-10-26-65(75)66-27-11-16-32-76(66)93/h1-52H. The summed E-state index contributed by atoms with van der Waals surface area (Å²) in [5.41, 5.74) is 20.1. The van der Waals surface area contributed by atoms with Crippen molar-refractivity contribution in [3.8, 4) is 56.7 Å². The van der Waals surface area contributed by atoms with Gasteiger partial charge >= 0.3 is 0 Å². The lowest BCUT2D eigenvalue weighted by Gasteiger charge is -2.15. The number of nitrogens with zero attached hydrogens (tertiary/aromatic N) is 8. The lowest BCUT2D eigenvalue weighted by Crippen LogP contribution is -2.04. The summed E-state index contributed by atoms with van der Waals surface area (Å²) in [5, 5.41) is 16.5. The van der Waals surface area contributed by atoms with Gasteiger partial charge in [-0.3, -0.25) is 9.13 Å². The van der Waals surface area contributed by atoms with Gasteiger partial charge < -0.3 is 9.13 Å². The molecule has 96 heavy (non-hydrogen) atoms. The Morgan fingerprint density at radius 2 is 0.583 bits per heavy atom. The van der Waals surface area contributed by atoms with Gasteiger partial charge in [-0.15, -0.1) is 0 Å². The van der Waals surface area contributed by atoms with Crippen LogP contribution in [0.4, 0.5) is 0 Å². The number of hydrogen-bond donors (Lipinski definition) is 0. The normalized spacial score (nSPS) is 12.2. The van der Waals surface area contributed by atoms with Gasteiger partial charge in [-0.1, -0.05) is 206 Å². The van der Waals surface area contributed by atoms with Crippen LogP contribution in [-0.4, -0.2) is 38.2 Å². The second kappa shape index (κ2) is 20.2. The molecule has 0 fully saturated rings. The van der Waals surface area contributed by atoms with Crippen molar-refractivity contribution >= 4 is 142 Å². The Balaban J connectivity index is 0.741. The Bertz CT molecular complexity index is 6850. The van der Waals surface area contributed by atoms with Crippen LogP contribution < -0.4 is 0 Å². The maximum absolute atomic E-state index is 5.77. The van der Waals surface area contributed by atoms with E-state index in [1.54, 1.807) is 0 Å². The molecule has 21 rings (SSSR count). The van der Waals surface area contributed by atoms with E-state index >= 15 is 0 Å². The molecule has 444 valence electrons. The predicted molar refractivity (Wildman–Crippen MR) is 399 cm³/mol. The zero-order valence-corrected chi connectivity index (χ0v) is 51.6. The lowest BCUT2D eigenvalue weighted by atomic mass is 10.0. The summed E-state index contributed by atoms with van der Waals surface area (Å²) in [6.07, 6.45) is 0. The van der Waals surface area contributed by atoms with Gasteiger partial charge in [-0.05, 0) is 153 Å². The fourth-order valence-corrected chi connectivity index (χ4v) is 15.8. The summed E-state index contributed by atoms with van der Waals surface area (Å²) < 4.78 is 9.53. The third kappa shape index (κ3) is 7.72. The first-order valence-electron chi connectivity index (χ1n) is 32.7. The first-order chi connectivity index (χ1) is 47.6. The molecule has 0 aliphatic carbocycles. The monoisotopic (exact) mass is 1220 g/mol. The van der Waals surface area contributed by atoms with E-state index in [-0.39, 0.29) is 0 Å². The van der Waals surface area contributed by atoms with Gasteiger partial charge in [0.1, 0.15) is 11.4 Å². The number of aromatic nitrogens is 8. The summed E-state index contributed by atoms with van der Waals surface area (Å²) in [4.78, 5) is 22.3. The number of fused-ring (bicyclic) bond motifs is 19. The molecular formula is C88H52N8. The van der Waals surface area contributed by atoms with Crippen LogP contribution in [0.15, 0.2) is 315 Å². The summed E-state index contributed by atoms with van der Waals surface area (Å²) in [7, 11) is 0. The van der Waals surface area contributed by atoms with E-state index in [9.17, 15) is 0 Å². The van der Waals surface area contributed by atoms with E-state index in [0.717, 1.165) is 133 Å². The van der Waals surface area contributed by atoms with Gasteiger partial charge in [-0.2, -0.15) is 0 Å². The molecule has 21 aromatic rings. The number of benzene rings is 15. The molecule has 0 amide bonds. The molecule has 0 N–H and O–H groups in total. The Hall–Kier alpha value is -13.0. The van der Waals surface area contributed by atoms with Gasteiger partial charge in [0.05, 0.1) is 66.2 Å². The number of hydrogen-bond acceptors (Lipinski definition) is 4. The quantitative estimate of drug-likeness (QED) is 0.159. The van der Waals surface area contributed by atoms with Crippen LogP contribution in [-0.2, 0) is 0 Å². The Kier molecular flexibility index (Phi) is 11.1. The van der Waals surface area contributed by atoms with Crippen molar-refractivity contribution < 1.29 is 0 Å². The highest BCUT2D eigenvalue weighted by molar-refractivity contribution is 6.24. The Morgan fingerprint density at radius 3 is 1.19 bits per heavy atom. The van der Waals surface area contributed by atoms with Crippen molar-refractivity contribution in [2.45, 2.75) is 0 Å². The second-order valence-electron chi connectivity index (χ2n) is 25.3. The zero-order valence-electron chi connectivity index (χ0n) is 51.6. The average molecular weight is 1220 g/mol. The molecular weight excluding hydrogens is 1170 g/mol. The molecule has 0 bridgehead atoms. The van der Waals surface area contributed by atoms with Crippen molar-refractivity contribution in [3.63, 3.8) is 0 Å². The molecule has 0 aliphatic rings. The van der Waals surface area contributed by atoms with E-state index in [1.807, 2.05) is 24.3 Å². The molecule has 6 heterocycles. The minimum absolute atomic E-state index is 0.773. The molecule has 8 heteroatoms. The van der Waals surface area contributed by atoms with Crippen LogP contribution >= 0.6 is 0 Å². The molecule has 8 nitrogen and oxygen atoms in total. The summed E-state index contributed by atoms with van der Waals surface area (Å²) in [6.45, 7) is 0. The van der Waals surface area contributed by atoms with Crippen molar-refractivity contribution in [3.05, 3.63) is 315 Å². The van der Waals surface area contributed by atoms with E-state index < -0.39 is 0 Å². The highest BCUT2D eigenvalue weighted by Crippen LogP contribution is 2.45. The van der Waals surface area contributed by atoms with Crippen LogP contribution in [0, 0.1) is 0 Å². The Morgan fingerprint density at radius 1 is 0.188 bits per heavy atom. The maximum Gasteiger partial charge on any atom is 0.165 e. The van der Waals surface area contributed by atoms with Crippen molar-refractivity contribution in [1.82, 2.24) is 38.2 Å². The maximum atomic E-state index is 5.77. The fourth-order valence-electron chi connectivity index (χ4n) is 15.8. The van der Waals surface area contributed by atoms with E-state index in [0.29, 0.717) is 0 Å².